The molecule has 0 spiro atoms. The van der Waals surface area contributed by atoms with E-state index in [2.05, 4.69) is 45.8 Å². The summed E-state index contributed by atoms with van der Waals surface area (Å²) in [6, 6.07) is 9.49. The van der Waals surface area contributed by atoms with Crippen LogP contribution >= 0.6 is 0 Å². The van der Waals surface area contributed by atoms with E-state index in [1.807, 2.05) is 24.4 Å². The number of carbonyl (C=O) groups excluding carboxylic acids is 1. The predicted octanol–water partition coefficient (Wildman–Crippen LogP) is 3.90. The van der Waals surface area contributed by atoms with Gasteiger partial charge in [-0.3, -0.25) is 4.79 Å². The average molecular weight is 475 g/mol. The maximum atomic E-state index is 13.0. The molecule has 0 radical (unpaired) electrons. The first-order valence-electron chi connectivity index (χ1n) is 11.8. The van der Waals surface area contributed by atoms with Gasteiger partial charge in [-0.1, -0.05) is 19.9 Å². The number of ether oxygens (including phenoxy) is 2. The number of nitrogens with one attached hydrogen (secondary N) is 3. The molecular formula is C26H30N6O3. The van der Waals surface area contributed by atoms with Crippen LogP contribution in [0.4, 0.5) is 17.5 Å². The number of benzene rings is 1. The van der Waals surface area contributed by atoms with Gasteiger partial charge in [-0.15, -0.1) is 0 Å². The molecule has 9 nitrogen and oxygen atoms in total. The van der Waals surface area contributed by atoms with Gasteiger partial charge in [0.05, 0.1) is 24.1 Å². The van der Waals surface area contributed by atoms with E-state index >= 15 is 0 Å². The van der Waals surface area contributed by atoms with Crippen LogP contribution in [-0.2, 0) is 10.2 Å². The molecule has 5 rings (SSSR count). The summed E-state index contributed by atoms with van der Waals surface area (Å²) >= 11 is 0. The highest BCUT2D eigenvalue weighted by atomic mass is 16.5. The van der Waals surface area contributed by atoms with Crippen molar-refractivity contribution in [2.45, 2.75) is 38.1 Å². The fourth-order valence-corrected chi connectivity index (χ4v) is 4.50. The van der Waals surface area contributed by atoms with Crippen molar-refractivity contribution in [3.8, 4) is 17.0 Å². The van der Waals surface area contributed by atoms with Gasteiger partial charge < -0.3 is 25.4 Å². The lowest BCUT2D eigenvalue weighted by atomic mass is 9.87. The van der Waals surface area contributed by atoms with Crippen LogP contribution in [0.5, 0.6) is 5.75 Å². The summed E-state index contributed by atoms with van der Waals surface area (Å²) in [7, 11) is 1.55. The molecule has 1 saturated heterocycles. The summed E-state index contributed by atoms with van der Waals surface area (Å²) in [5.41, 5.74) is 3.92. The summed E-state index contributed by atoms with van der Waals surface area (Å²) in [6.45, 7) is 6.56. The molecule has 0 saturated carbocycles. The third-order valence-corrected chi connectivity index (χ3v) is 6.53. The number of para-hydroxylation sites is 1. The molecule has 2 aliphatic heterocycles. The van der Waals surface area contributed by atoms with E-state index in [1.165, 1.54) is 5.56 Å². The first kappa shape index (κ1) is 23.0. The molecule has 1 amide bonds. The van der Waals surface area contributed by atoms with Gasteiger partial charge in [-0.2, -0.15) is 0 Å². The van der Waals surface area contributed by atoms with E-state index in [1.54, 1.807) is 19.4 Å². The third kappa shape index (κ3) is 4.77. The number of aromatic nitrogens is 3. The molecule has 3 N–H and O–H groups in total. The highest BCUT2D eigenvalue weighted by Gasteiger charge is 2.31. The van der Waals surface area contributed by atoms with Crippen LogP contribution in [-0.4, -0.2) is 53.8 Å². The summed E-state index contributed by atoms with van der Waals surface area (Å²) < 4.78 is 11.0. The maximum absolute atomic E-state index is 13.0. The van der Waals surface area contributed by atoms with E-state index in [0.717, 1.165) is 36.5 Å². The molecule has 4 heterocycles. The molecule has 0 unspecified atom stereocenters. The van der Waals surface area contributed by atoms with Crippen molar-refractivity contribution in [3.05, 3.63) is 53.9 Å². The van der Waals surface area contributed by atoms with Crippen molar-refractivity contribution in [1.82, 2.24) is 20.3 Å². The molecule has 2 aromatic heterocycles. The Morgan fingerprint density at radius 2 is 2.03 bits per heavy atom. The van der Waals surface area contributed by atoms with Gasteiger partial charge in [0, 0.05) is 54.7 Å². The number of anilines is 3. The van der Waals surface area contributed by atoms with Crippen LogP contribution in [0.1, 0.15) is 42.6 Å². The highest BCUT2D eigenvalue weighted by Crippen LogP contribution is 2.37. The van der Waals surface area contributed by atoms with E-state index in [9.17, 15) is 4.79 Å². The van der Waals surface area contributed by atoms with Gasteiger partial charge in [0.2, 0.25) is 5.95 Å². The molecule has 3 aromatic rings. The lowest BCUT2D eigenvalue weighted by molar-refractivity contribution is 0.0695. The maximum Gasteiger partial charge on any atom is 0.255 e. The summed E-state index contributed by atoms with van der Waals surface area (Å²) in [5.74, 6) is 1.60. The number of amides is 1. The van der Waals surface area contributed by atoms with E-state index < -0.39 is 0 Å². The van der Waals surface area contributed by atoms with Gasteiger partial charge in [0.15, 0.2) is 5.75 Å². The largest absolute Gasteiger partial charge is 0.494 e. The second kappa shape index (κ2) is 9.50. The number of hydrogen-bond acceptors (Lipinski definition) is 8. The Balaban J connectivity index is 1.39. The Hall–Kier alpha value is -3.72. The molecular weight excluding hydrogens is 444 g/mol. The molecule has 0 atom stereocenters. The summed E-state index contributed by atoms with van der Waals surface area (Å²) in [4.78, 5) is 26.6. The van der Waals surface area contributed by atoms with Crippen LogP contribution in [0.25, 0.3) is 11.3 Å². The van der Waals surface area contributed by atoms with E-state index in [-0.39, 0.29) is 17.4 Å². The topological polar surface area (TPSA) is 110 Å². The number of pyridine rings is 1. The van der Waals surface area contributed by atoms with Gasteiger partial charge >= 0.3 is 0 Å². The Morgan fingerprint density at radius 3 is 2.83 bits per heavy atom. The van der Waals surface area contributed by atoms with Crippen molar-refractivity contribution >= 4 is 23.4 Å². The lowest BCUT2D eigenvalue weighted by Crippen LogP contribution is -2.39. The normalized spacial score (nSPS) is 16.8. The predicted molar refractivity (Wildman–Crippen MR) is 134 cm³/mol. The molecule has 1 fully saturated rings. The fraction of sp³-hybridized carbons (Fsp3) is 0.385. The molecule has 0 bridgehead atoms. The average Bonchev–Trinajstić information content (AvgIpc) is 3.18. The molecule has 9 heteroatoms. The van der Waals surface area contributed by atoms with Crippen molar-refractivity contribution in [2.24, 2.45) is 0 Å². The Bertz CT molecular complexity index is 1240. The minimum absolute atomic E-state index is 0.00544. The van der Waals surface area contributed by atoms with Crippen molar-refractivity contribution in [1.29, 1.82) is 0 Å². The van der Waals surface area contributed by atoms with Crippen molar-refractivity contribution in [2.75, 3.05) is 37.5 Å². The Kier molecular flexibility index (Phi) is 6.25. The minimum atomic E-state index is -0.174. The number of nitrogens with zero attached hydrogens (tertiary/aromatic N) is 3. The van der Waals surface area contributed by atoms with Crippen molar-refractivity contribution in [3.63, 3.8) is 0 Å². The molecule has 1 aromatic carbocycles. The zero-order valence-corrected chi connectivity index (χ0v) is 20.2. The highest BCUT2D eigenvalue weighted by molar-refractivity contribution is 5.99. The monoisotopic (exact) mass is 474 g/mol. The van der Waals surface area contributed by atoms with Crippen LogP contribution in [0.3, 0.4) is 0 Å². The zero-order chi connectivity index (χ0) is 24.4. The van der Waals surface area contributed by atoms with E-state index in [4.69, 9.17) is 14.5 Å². The van der Waals surface area contributed by atoms with Gasteiger partial charge in [0.1, 0.15) is 5.82 Å². The molecule has 2 aliphatic rings. The summed E-state index contributed by atoms with van der Waals surface area (Å²) in [5, 5.41) is 9.67. The van der Waals surface area contributed by atoms with Crippen LogP contribution < -0.4 is 20.7 Å². The second-order valence-corrected chi connectivity index (χ2v) is 9.49. The number of carbonyl (C=O) groups is 1. The summed E-state index contributed by atoms with van der Waals surface area (Å²) in [6.07, 6.45) is 5.13. The first-order valence-corrected chi connectivity index (χ1v) is 11.8. The molecule has 182 valence electrons. The Morgan fingerprint density at radius 1 is 1.20 bits per heavy atom. The second-order valence-electron chi connectivity index (χ2n) is 9.49. The third-order valence-electron chi connectivity index (χ3n) is 6.53. The minimum Gasteiger partial charge on any atom is -0.494 e. The SMILES string of the molecule is COc1c(Nc2nccc(-c3cnc4c(c3)C(C)(C)CN4)n2)cccc1C(=O)NC1CCOCC1. The standard InChI is InChI=1S/C26H30N6O3/c1-26(2)15-29-23-19(26)13-16(14-28-23)20-7-10-27-25(31-20)32-21-6-4-5-18(22(21)34-3)24(33)30-17-8-11-35-12-9-17/h4-7,10,13-14,17H,8-9,11-12,15H2,1-3H3,(H,28,29)(H,30,33)(H,27,31,32). The smallest absolute Gasteiger partial charge is 0.255 e. The van der Waals surface area contributed by atoms with Crippen LogP contribution in [0, 0.1) is 0 Å². The van der Waals surface area contributed by atoms with Crippen molar-refractivity contribution < 1.29 is 14.3 Å². The quantitative estimate of drug-likeness (QED) is 0.493. The van der Waals surface area contributed by atoms with Gasteiger partial charge in [-0.25, -0.2) is 15.0 Å². The number of methoxy groups -OCH3 is 1. The number of rotatable bonds is 6. The van der Waals surface area contributed by atoms with Gasteiger partial charge in [0.25, 0.3) is 5.91 Å². The molecule has 35 heavy (non-hydrogen) atoms. The molecule has 0 aliphatic carbocycles. The Labute approximate surface area is 204 Å². The number of hydrogen-bond donors (Lipinski definition) is 3. The number of fused-ring (bicyclic) bond motifs is 1. The van der Waals surface area contributed by atoms with Crippen LogP contribution in [0.2, 0.25) is 0 Å². The fourth-order valence-electron chi connectivity index (χ4n) is 4.50. The zero-order valence-electron chi connectivity index (χ0n) is 20.2. The van der Waals surface area contributed by atoms with E-state index in [0.29, 0.717) is 36.2 Å². The van der Waals surface area contributed by atoms with Gasteiger partial charge in [-0.05, 0) is 37.1 Å². The lowest BCUT2D eigenvalue weighted by Gasteiger charge is -2.23. The van der Waals surface area contributed by atoms with Crippen LogP contribution in [0.15, 0.2) is 42.7 Å². The first-order chi connectivity index (χ1) is 16.9.